The first kappa shape index (κ1) is 17.8. The van der Waals surface area contributed by atoms with E-state index in [1.165, 1.54) is 0 Å². The summed E-state index contributed by atoms with van der Waals surface area (Å²) in [6.45, 7) is 13.3. The number of amides is 1. The maximum atomic E-state index is 12.2. The van der Waals surface area contributed by atoms with E-state index in [2.05, 4.69) is 59.1 Å². The van der Waals surface area contributed by atoms with E-state index in [-0.39, 0.29) is 22.7 Å². The first-order chi connectivity index (χ1) is 8.32. The Kier molecular flexibility index (Phi) is 7.34. The molecule has 0 radical (unpaired) electrons. The molecule has 0 aromatic heterocycles. The van der Waals surface area contributed by atoms with Crippen LogP contribution in [0.2, 0.25) is 0 Å². The van der Waals surface area contributed by atoms with E-state index >= 15 is 0 Å². The van der Waals surface area contributed by atoms with Gasteiger partial charge in [0.25, 0.3) is 0 Å². The van der Waals surface area contributed by atoms with Gasteiger partial charge in [0.15, 0.2) is 0 Å². The molecule has 0 aromatic carbocycles. The van der Waals surface area contributed by atoms with Gasteiger partial charge in [0.1, 0.15) is 0 Å². The molecule has 0 aliphatic carbocycles. The van der Waals surface area contributed by atoms with Gasteiger partial charge in [-0.25, -0.2) is 0 Å². The third-order valence-electron chi connectivity index (χ3n) is 5.29. The van der Waals surface area contributed by atoms with Crippen LogP contribution in [0.4, 0.5) is 0 Å². The summed E-state index contributed by atoms with van der Waals surface area (Å²) in [5.41, 5.74) is 0.314. The van der Waals surface area contributed by atoms with Gasteiger partial charge in [-0.1, -0.05) is 67.2 Å². The minimum Gasteiger partial charge on any atom is -0.302 e. The third-order valence-corrected chi connectivity index (χ3v) is 5.51. The molecule has 1 atom stereocenters. The van der Waals surface area contributed by atoms with Crippen LogP contribution in [-0.4, -0.2) is 5.91 Å². The molecule has 0 aromatic rings. The molecule has 2 nitrogen and oxygen atoms in total. The Morgan fingerprint density at radius 3 is 1.78 bits per heavy atom. The summed E-state index contributed by atoms with van der Waals surface area (Å²) < 4.78 is 2.57. The van der Waals surface area contributed by atoms with Gasteiger partial charge in [0, 0.05) is 5.92 Å². The van der Waals surface area contributed by atoms with Gasteiger partial charge in [-0.05, 0) is 30.1 Å². The second kappa shape index (κ2) is 7.42. The van der Waals surface area contributed by atoms with Crippen LogP contribution in [0.5, 0.6) is 0 Å². The van der Waals surface area contributed by atoms with Crippen molar-refractivity contribution in [1.82, 2.24) is 4.72 Å². The Morgan fingerprint density at radius 1 is 1.06 bits per heavy atom. The lowest BCUT2D eigenvalue weighted by atomic mass is 9.65. The Balaban J connectivity index is 5.19. The predicted molar refractivity (Wildman–Crippen MR) is 82.6 cm³/mol. The van der Waals surface area contributed by atoms with Crippen molar-refractivity contribution in [2.24, 2.45) is 16.7 Å². The third kappa shape index (κ3) is 4.18. The molecule has 1 unspecified atom stereocenters. The Hall–Kier alpha value is -0.180. The molecule has 0 fully saturated rings. The zero-order valence-electron chi connectivity index (χ0n) is 13.0. The van der Waals surface area contributed by atoms with Crippen molar-refractivity contribution in [1.29, 1.82) is 0 Å². The molecule has 1 amide bonds. The van der Waals surface area contributed by atoms with Crippen molar-refractivity contribution in [3.63, 3.8) is 0 Å². The summed E-state index contributed by atoms with van der Waals surface area (Å²) in [4.78, 5) is 12.2. The van der Waals surface area contributed by atoms with Crippen LogP contribution in [0, 0.1) is 16.7 Å². The van der Waals surface area contributed by atoms with Crippen molar-refractivity contribution >= 4 is 18.7 Å². The highest BCUT2D eigenvalue weighted by molar-refractivity contribution is 7.78. The van der Waals surface area contributed by atoms with Crippen LogP contribution in [-0.2, 0) is 4.79 Å². The summed E-state index contributed by atoms with van der Waals surface area (Å²) >= 11 is 3.97. The van der Waals surface area contributed by atoms with E-state index < -0.39 is 0 Å². The number of carbonyl (C=O) groups is 1. The van der Waals surface area contributed by atoms with E-state index in [1.807, 2.05) is 0 Å². The summed E-state index contributed by atoms with van der Waals surface area (Å²) in [6.07, 6.45) is 5.23. The molecule has 0 spiro atoms. The highest BCUT2D eigenvalue weighted by Gasteiger charge is 2.39. The van der Waals surface area contributed by atoms with Crippen LogP contribution in [0.3, 0.4) is 0 Å². The summed E-state index contributed by atoms with van der Waals surface area (Å²) in [5.74, 6) is 0.132. The Morgan fingerprint density at radius 2 is 1.50 bits per heavy atom. The Bertz CT molecular complexity index is 257. The number of rotatable bonds is 8. The number of nitrogens with one attached hydrogen (secondary N) is 1. The van der Waals surface area contributed by atoms with E-state index in [9.17, 15) is 4.79 Å². The molecule has 0 bridgehead atoms. The topological polar surface area (TPSA) is 29.1 Å². The standard InChI is InChI=1S/C15H31NOS/c1-7-14(5,8-2)11-12(13(17)16-18)15(6,9-3)10-4/h12,18H,7-11H2,1-6H3,(H,16,17). The van der Waals surface area contributed by atoms with E-state index in [1.54, 1.807) is 0 Å². The average Bonchev–Trinajstić information content (AvgIpc) is 2.42. The molecule has 0 aliphatic rings. The molecular weight excluding hydrogens is 242 g/mol. The normalized spacial score (nSPS) is 14.4. The summed E-state index contributed by atoms with van der Waals surface area (Å²) in [5, 5.41) is 0. The zero-order chi connectivity index (χ0) is 14.4. The van der Waals surface area contributed by atoms with Crippen LogP contribution < -0.4 is 4.72 Å². The average molecular weight is 273 g/mol. The van der Waals surface area contributed by atoms with E-state index in [0.717, 1.165) is 32.1 Å². The number of thiol groups is 1. The number of hydrogen-bond donors (Lipinski definition) is 2. The van der Waals surface area contributed by atoms with Gasteiger partial charge in [-0.15, -0.1) is 0 Å². The molecule has 18 heavy (non-hydrogen) atoms. The molecule has 3 heteroatoms. The number of hydrogen-bond acceptors (Lipinski definition) is 2. The van der Waals surface area contributed by atoms with E-state index in [4.69, 9.17) is 0 Å². The summed E-state index contributed by atoms with van der Waals surface area (Å²) in [6, 6.07) is 0. The van der Waals surface area contributed by atoms with Gasteiger partial charge < -0.3 is 4.72 Å². The maximum absolute atomic E-state index is 12.2. The highest BCUT2D eigenvalue weighted by Crippen LogP contribution is 2.44. The van der Waals surface area contributed by atoms with Crippen LogP contribution in [0.15, 0.2) is 0 Å². The lowest BCUT2D eigenvalue weighted by Crippen LogP contribution is -2.40. The second-order valence-electron chi connectivity index (χ2n) is 6.11. The molecule has 0 saturated carbocycles. The van der Waals surface area contributed by atoms with Crippen molar-refractivity contribution in [3.8, 4) is 0 Å². The summed E-state index contributed by atoms with van der Waals surface area (Å²) in [7, 11) is 0. The minimum atomic E-state index is 0.0508. The van der Waals surface area contributed by atoms with Gasteiger partial charge >= 0.3 is 0 Å². The monoisotopic (exact) mass is 273 g/mol. The number of carbonyl (C=O) groups excluding carboxylic acids is 1. The Labute approximate surface area is 119 Å². The van der Waals surface area contributed by atoms with Gasteiger partial charge in [0.05, 0.1) is 0 Å². The molecule has 0 rings (SSSR count). The van der Waals surface area contributed by atoms with Gasteiger partial charge in [-0.2, -0.15) is 0 Å². The maximum Gasteiger partial charge on any atom is 0.233 e. The lowest BCUT2D eigenvalue weighted by molar-refractivity contribution is -0.129. The molecule has 108 valence electrons. The predicted octanol–water partition coefficient (Wildman–Crippen LogP) is 4.61. The molecular formula is C15H31NOS. The highest BCUT2D eigenvalue weighted by atomic mass is 32.1. The van der Waals surface area contributed by atoms with Crippen molar-refractivity contribution < 1.29 is 4.79 Å². The first-order valence-corrected chi connectivity index (χ1v) is 7.71. The fourth-order valence-electron chi connectivity index (χ4n) is 2.51. The van der Waals surface area contributed by atoms with Crippen molar-refractivity contribution in [2.45, 2.75) is 73.6 Å². The largest absolute Gasteiger partial charge is 0.302 e. The SMILES string of the molecule is CCC(C)(CC)CC(C(=O)NS)C(C)(CC)CC. The fourth-order valence-corrected chi connectivity index (χ4v) is 2.66. The van der Waals surface area contributed by atoms with Crippen molar-refractivity contribution in [2.75, 3.05) is 0 Å². The molecule has 1 N–H and O–H groups in total. The van der Waals surface area contributed by atoms with Gasteiger partial charge in [0.2, 0.25) is 5.91 Å². The van der Waals surface area contributed by atoms with E-state index in [0.29, 0.717) is 0 Å². The second-order valence-corrected chi connectivity index (χ2v) is 6.34. The molecule has 0 saturated heterocycles. The molecule has 0 aliphatic heterocycles. The quantitative estimate of drug-likeness (QED) is 0.621. The van der Waals surface area contributed by atoms with Crippen LogP contribution in [0.1, 0.15) is 73.6 Å². The van der Waals surface area contributed by atoms with Crippen molar-refractivity contribution in [3.05, 3.63) is 0 Å². The first-order valence-electron chi connectivity index (χ1n) is 7.26. The molecule has 0 heterocycles. The smallest absolute Gasteiger partial charge is 0.233 e. The fraction of sp³-hybridized carbons (Fsp3) is 0.933. The van der Waals surface area contributed by atoms with Crippen LogP contribution >= 0.6 is 12.8 Å². The van der Waals surface area contributed by atoms with Crippen LogP contribution in [0.25, 0.3) is 0 Å². The van der Waals surface area contributed by atoms with Gasteiger partial charge in [-0.3, -0.25) is 4.79 Å². The lowest BCUT2D eigenvalue weighted by Gasteiger charge is -2.40. The zero-order valence-corrected chi connectivity index (χ0v) is 13.9. The minimum absolute atomic E-state index is 0.0508.